The maximum atomic E-state index is 12.0. The Morgan fingerprint density at radius 2 is 1.96 bits per heavy atom. The fraction of sp³-hybridized carbons (Fsp3) is 0.250. The van der Waals surface area contributed by atoms with Crippen LogP contribution in [0.4, 0.5) is 0 Å². The molecule has 2 rings (SSSR count). The summed E-state index contributed by atoms with van der Waals surface area (Å²) in [6.45, 7) is 1.55. The van der Waals surface area contributed by atoms with Crippen LogP contribution >= 0.6 is 11.6 Å². The molecule has 122 valence electrons. The molecular weight excluding hydrogens is 320 g/mol. The van der Waals surface area contributed by atoms with E-state index < -0.39 is 18.1 Å². The Kier molecular flexibility index (Phi) is 5.78. The first-order valence-electron chi connectivity index (χ1n) is 7.03. The lowest BCUT2D eigenvalue weighted by atomic mass is 10.2. The highest BCUT2D eigenvalue weighted by atomic mass is 35.5. The number of hydrogen-bond donors (Lipinski definition) is 3. The number of carbonyl (C=O) groups is 2. The lowest BCUT2D eigenvalue weighted by Gasteiger charge is -2.15. The fourth-order valence-electron chi connectivity index (χ4n) is 1.88. The third-order valence-corrected chi connectivity index (χ3v) is 3.44. The van der Waals surface area contributed by atoms with Gasteiger partial charge < -0.3 is 20.2 Å². The molecule has 2 amide bonds. The molecule has 0 fully saturated rings. The van der Waals surface area contributed by atoms with Crippen LogP contribution in [0.25, 0.3) is 0 Å². The van der Waals surface area contributed by atoms with E-state index in [2.05, 4.69) is 10.6 Å². The number of aliphatic hydroxyl groups is 1. The second-order valence-electron chi connectivity index (χ2n) is 4.98. The number of amides is 2. The molecule has 3 N–H and O–H groups in total. The first-order valence-corrected chi connectivity index (χ1v) is 7.41. The van der Waals surface area contributed by atoms with Gasteiger partial charge in [-0.25, -0.2) is 0 Å². The summed E-state index contributed by atoms with van der Waals surface area (Å²) >= 11 is 5.76. The number of carbonyl (C=O) groups excluding carboxylic acids is 2. The molecule has 0 aliphatic rings. The fourth-order valence-corrected chi connectivity index (χ4v) is 2.00. The van der Waals surface area contributed by atoms with Crippen molar-refractivity contribution >= 4 is 23.4 Å². The van der Waals surface area contributed by atoms with E-state index in [0.717, 1.165) is 0 Å². The molecule has 0 saturated carbocycles. The van der Waals surface area contributed by atoms with Gasteiger partial charge in [-0.1, -0.05) is 11.6 Å². The summed E-state index contributed by atoms with van der Waals surface area (Å²) in [5, 5.41) is 15.5. The Balaban J connectivity index is 1.82. The van der Waals surface area contributed by atoms with Crippen LogP contribution in [0.3, 0.4) is 0 Å². The maximum absolute atomic E-state index is 12.0. The van der Waals surface area contributed by atoms with E-state index in [0.29, 0.717) is 16.3 Å². The molecule has 7 heteroatoms. The van der Waals surface area contributed by atoms with Crippen LogP contribution in [0.5, 0.6) is 0 Å². The zero-order valence-electron chi connectivity index (χ0n) is 12.5. The van der Waals surface area contributed by atoms with Crippen LogP contribution in [0.1, 0.15) is 29.1 Å². The Labute approximate surface area is 138 Å². The summed E-state index contributed by atoms with van der Waals surface area (Å²) in [6.07, 6.45) is 0.503. The first kappa shape index (κ1) is 17.1. The zero-order chi connectivity index (χ0) is 16.8. The molecule has 23 heavy (non-hydrogen) atoms. The molecule has 2 atom stereocenters. The van der Waals surface area contributed by atoms with E-state index in [-0.39, 0.29) is 12.5 Å². The van der Waals surface area contributed by atoms with Crippen molar-refractivity contribution in [3.05, 3.63) is 59.0 Å². The Morgan fingerprint density at radius 1 is 1.26 bits per heavy atom. The smallest absolute Gasteiger partial charge is 0.251 e. The van der Waals surface area contributed by atoms with Gasteiger partial charge >= 0.3 is 0 Å². The van der Waals surface area contributed by atoms with Crippen molar-refractivity contribution in [2.24, 2.45) is 0 Å². The lowest BCUT2D eigenvalue weighted by Crippen LogP contribution is -2.45. The number of halogens is 1. The largest absolute Gasteiger partial charge is 0.467 e. The Bertz CT molecular complexity index is 655. The van der Waals surface area contributed by atoms with Gasteiger partial charge in [0.05, 0.1) is 12.8 Å². The lowest BCUT2D eigenvalue weighted by molar-refractivity contribution is -0.123. The van der Waals surface area contributed by atoms with Crippen LogP contribution in [-0.2, 0) is 4.79 Å². The second-order valence-corrected chi connectivity index (χ2v) is 5.41. The van der Waals surface area contributed by atoms with Crippen LogP contribution < -0.4 is 10.6 Å². The standard InChI is InChI=1S/C16H17ClN2O4/c1-10(19-16(22)11-4-6-12(17)7-5-11)15(21)18-9-13(20)14-3-2-8-23-14/h2-8,10,13,20H,9H2,1H3,(H,18,21)(H,19,22). The van der Waals surface area contributed by atoms with Crippen molar-refractivity contribution < 1.29 is 19.1 Å². The monoisotopic (exact) mass is 336 g/mol. The van der Waals surface area contributed by atoms with Crippen molar-refractivity contribution in [3.8, 4) is 0 Å². The molecule has 0 aliphatic carbocycles. The summed E-state index contributed by atoms with van der Waals surface area (Å²) in [6, 6.07) is 8.85. The van der Waals surface area contributed by atoms with Crippen molar-refractivity contribution in [2.75, 3.05) is 6.54 Å². The third kappa shape index (κ3) is 4.84. The SMILES string of the molecule is CC(NC(=O)c1ccc(Cl)cc1)C(=O)NCC(O)c1ccco1. The highest BCUT2D eigenvalue weighted by Crippen LogP contribution is 2.12. The molecule has 0 bridgehead atoms. The van der Waals surface area contributed by atoms with Crippen LogP contribution in [0.15, 0.2) is 47.1 Å². The highest BCUT2D eigenvalue weighted by molar-refractivity contribution is 6.30. The molecule has 1 heterocycles. The average molecular weight is 337 g/mol. The normalized spacial score (nSPS) is 13.2. The van der Waals surface area contributed by atoms with Gasteiger partial charge in [0.25, 0.3) is 5.91 Å². The summed E-state index contributed by atoms with van der Waals surface area (Å²) in [7, 11) is 0. The highest BCUT2D eigenvalue weighted by Gasteiger charge is 2.18. The molecule has 2 unspecified atom stereocenters. The summed E-state index contributed by atoms with van der Waals surface area (Å²) in [5.74, 6) is -0.419. The van der Waals surface area contributed by atoms with Crippen molar-refractivity contribution in [1.29, 1.82) is 0 Å². The number of hydrogen-bond acceptors (Lipinski definition) is 4. The number of nitrogens with one attached hydrogen (secondary N) is 2. The third-order valence-electron chi connectivity index (χ3n) is 3.19. The van der Waals surface area contributed by atoms with Gasteiger partial charge in [-0.2, -0.15) is 0 Å². The molecule has 1 aromatic heterocycles. The van der Waals surface area contributed by atoms with E-state index in [4.69, 9.17) is 16.0 Å². The number of rotatable bonds is 6. The molecule has 0 radical (unpaired) electrons. The minimum atomic E-state index is -0.937. The molecule has 1 aromatic carbocycles. The molecule has 0 spiro atoms. The number of aliphatic hydroxyl groups excluding tert-OH is 1. The van der Waals surface area contributed by atoms with Gasteiger partial charge in [0, 0.05) is 10.6 Å². The Morgan fingerprint density at radius 3 is 2.57 bits per heavy atom. The van der Waals surface area contributed by atoms with Gasteiger partial charge in [-0.3, -0.25) is 9.59 Å². The van der Waals surface area contributed by atoms with E-state index in [1.165, 1.54) is 6.26 Å². The number of benzene rings is 1. The second kappa shape index (κ2) is 7.80. The van der Waals surface area contributed by atoms with E-state index in [1.807, 2.05) is 0 Å². The van der Waals surface area contributed by atoms with Crippen LogP contribution in [0.2, 0.25) is 5.02 Å². The average Bonchev–Trinajstić information content (AvgIpc) is 3.07. The summed E-state index contributed by atoms with van der Waals surface area (Å²) in [5.41, 5.74) is 0.407. The predicted molar refractivity (Wildman–Crippen MR) is 85.1 cm³/mol. The van der Waals surface area contributed by atoms with E-state index in [1.54, 1.807) is 43.3 Å². The van der Waals surface area contributed by atoms with Gasteiger partial charge in [0.1, 0.15) is 17.9 Å². The quantitative estimate of drug-likeness (QED) is 0.751. The van der Waals surface area contributed by atoms with Gasteiger partial charge in [-0.05, 0) is 43.3 Å². The van der Waals surface area contributed by atoms with E-state index >= 15 is 0 Å². The number of furan rings is 1. The molecule has 6 nitrogen and oxygen atoms in total. The van der Waals surface area contributed by atoms with Gasteiger partial charge in [0.2, 0.25) is 5.91 Å². The van der Waals surface area contributed by atoms with Crippen molar-refractivity contribution in [1.82, 2.24) is 10.6 Å². The minimum absolute atomic E-state index is 0.00645. The molecule has 0 aliphatic heterocycles. The summed E-state index contributed by atoms with van der Waals surface area (Å²) < 4.78 is 5.04. The first-order chi connectivity index (χ1) is 11.0. The van der Waals surface area contributed by atoms with Crippen molar-refractivity contribution in [3.63, 3.8) is 0 Å². The minimum Gasteiger partial charge on any atom is -0.467 e. The van der Waals surface area contributed by atoms with Crippen LogP contribution in [0, 0.1) is 0 Å². The topological polar surface area (TPSA) is 91.6 Å². The maximum Gasteiger partial charge on any atom is 0.251 e. The zero-order valence-corrected chi connectivity index (χ0v) is 13.2. The molecule has 2 aromatic rings. The summed E-state index contributed by atoms with van der Waals surface area (Å²) in [4.78, 5) is 23.9. The predicted octanol–water partition coefficient (Wildman–Crippen LogP) is 1.90. The van der Waals surface area contributed by atoms with Gasteiger partial charge in [0.15, 0.2) is 0 Å². The molecule has 0 saturated heterocycles. The van der Waals surface area contributed by atoms with Crippen molar-refractivity contribution in [2.45, 2.75) is 19.1 Å². The van der Waals surface area contributed by atoms with Crippen LogP contribution in [-0.4, -0.2) is 29.5 Å². The van der Waals surface area contributed by atoms with E-state index in [9.17, 15) is 14.7 Å². The van der Waals surface area contributed by atoms with Gasteiger partial charge in [-0.15, -0.1) is 0 Å². The molecular formula is C16H17ClN2O4. The Hall–Kier alpha value is -2.31.